The van der Waals surface area contributed by atoms with Crippen LogP contribution in [0.3, 0.4) is 0 Å². The number of hydrogen-bond donors (Lipinski definition) is 1. The summed E-state index contributed by atoms with van der Waals surface area (Å²) in [5.74, 6) is 1.33. The summed E-state index contributed by atoms with van der Waals surface area (Å²) in [5, 5.41) is 10.5. The summed E-state index contributed by atoms with van der Waals surface area (Å²) >= 11 is 0. The van der Waals surface area contributed by atoms with Crippen LogP contribution in [0.15, 0.2) is 48.5 Å². The molecule has 2 saturated heterocycles. The third-order valence-corrected chi connectivity index (χ3v) is 5.84. The Hall–Kier alpha value is -3.45. The highest BCUT2D eigenvalue weighted by molar-refractivity contribution is 5.65. The number of rotatable bonds is 10. The minimum atomic E-state index is -0.419. The maximum atomic E-state index is 10.5. The van der Waals surface area contributed by atoms with Crippen molar-refractivity contribution in [1.82, 2.24) is 9.80 Å². The molecule has 40 heavy (non-hydrogen) atoms. The van der Waals surface area contributed by atoms with Gasteiger partial charge in [0.1, 0.15) is 24.7 Å². The minimum absolute atomic E-state index is 0.0792. The number of non-ortho nitro benzene ring substituents is 1. The largest absolute Gasteiger partial charge is 0.492 e. The van der Waals surface area contributed by atoms with Crippen molar-refractivity contribution in [3.05, 3.63) is 58.6 Å². The van der Waals surface area contributed by atoms with E-state index in [0.29, 0.717) is 25.6 Å². The van der Waals surface area contributed by atoms with Gasteiger partial charge in [0, 0.05) is 64.0 Å². The molecule has 2 aromatic carbocycles. The van der Waals surface area contributed by atoms with Crippen LogP contribution in [0.4, 0.5) is 11.4 Å². The van der Waals surface area contributed by atoms with Gasteiger partial charge in [0.05, 0.1) is 38.0 Å². The van der Waals surface area contributed by atoms with Crippen molar-refractivity contribution in [2.75, 3.05) is 91.3 Å². The van der Waals surface area contributed by atoms with Gasteiger partial charge in [-0.15, -0.1) is 0 Å². The van der Waals surface area contributed by atoms with Gasteiger partial charge < -0.3 is 29.4 Å². The third-order valence-electron chi connectivity index (χ3n) is 5.84. The van der Waals surface area contributed by atoms with Crippen molar-refractivity contribution in [2.24, 2.45) is 0 Å². The lowest BCUT2D eigenvalue weighted by Crippen LogP contribution is -2.38. The van der Waals surface area contributed by atoms with E-state index in [2.05, 4.69) is 14.5 Å². The lowest BCUT2D eigenvalue weighted by Gasteiger charge is -2.26. The molecule has 2 aliphatic rings. The molecule has 2 heterocycles. The Morgan fingerprint density at radius 2 is 1.27 bits per heavy atom. The molecule has 0 spiro atoms. The number of esters is 1. The van der Waals surface area contributed by atoms with E-state index in [1.807, 2.05) is 24.3 Å². The van der Waals surface area contributed by atoms with Crippen molar-refractivity contribution in [3.63, 3.8) is 0 Å². The van der Waals surface area contributed by atoms with Gasteiger partial charge >= 0.3 is 5.97 Å². The predicted molar refractivity (Wildman–Crippen MR) is 152 cm³/mol. The number of hydrogen-bond acceptors (Lipinski definition) is 11. The number of benzene rings is 2. The number of nitro benzene ring substituents is 1. The lowest BCUT2D eigenvalue weighted by atomic mass is 10.3. The van der Waals surface area contributed by atoms with Crippen molar-refractivity contribution >= 4 is 17.3 Å². The van der Waals surface area contributed by atoms with Gasteiger partial charge in [-0.1, -0.05) is 0 Å². The predicted octanol–water partition coefficient (Wildman–Crippen LogP) is 2.86. The number of nitrogens with two attached hydrogens (primary N) is 1. The molecule has 2 aliphatic heterocycles. The van der Waals surface area contributed by atoms with Gasteiger partial charge in [0.25, 0.3) is 5.69 Å². The zero-order chi connectivity index (χ0) is 29.0. The van der Waals surface area contributed by atoms with E-state index in [0.717, 1.165) is 77.1 Å². The fraction of sp³-hybridized carbons (Fsp3) is 0.536. The molecule has 0 aliphatic carbocycles. The molecular weight excluding hydrogens is 520 g/mol. The number of anilines is 1. The Morgan fingerprint density at radius 3 is 1.62 bits per heavy atom. The van der Waals surface area contributed by atoms with Crippen LogP contribution in [0.5, 0.6) is 11.5 Å². The summed E-state index contributed by atoms with van der Waals surface area (Å²) in [6, 6.07) is 13.6. The van der Waals surface area contributed by atoms with E-state index in [4.69, 9.17) is 24.7 Å². The average Bonchev–Trinajstić information content (AvgIpc) is 2.96. The summed E-state index contributed by atoms with van der Waals surface area (Å²) in [6.45, 7) is 13.8. The molecule has 0 unspecified atom stereocenters. The Balaban J connectivity index is 0.000000235. The van der Waals surface area contributed by atoms with E-state index in [1.165, 1.54) is 19.1 Å². The maximum absolute atomic E-state index is 10.5. The molecule has 0 aromatic heterocycles. The van der Waals surface area contributed by atoms with E-state index < -0.39 is 4.92 Å². The Morgan fingerprint density at radius 1 is 0.850 bits per heavy atom. The zero-order valence-electron chi connectivity index (χ0n) is 23.5. The SMILES string of the molecule is CCOC(C)=O.Nc1ccc(OCCN2CCOCC2)cc1.O=[N+]([O-])c1ccc(OCCN2CCOCC2)cc1. The second-order valence-corrected chi connectivity index (χ2v) is 8.85. The molecular formula is C28H42N4O8. The number of nitro groups is 1. The van der Waals surface area contributed by atoms with Crippen LogP contribution in [0.1, 0.15) is 13.8 Å². The Labute approximate surface area is 236 Å². The summed E-state index contributed by atoms with van der Waals surface area (Å²) in [6.07, 6.45) is 0. The van der Waals surface area contributed by atoms with Crippen LogP contribution in [0.25, 0.3) is 0 Å². The zero-order valence-corrected chi connectivity index (χ0v) is 23.5. The van der Waals surface area contributed by atoms with Crippen LogP contribution in [0.2, 0.25) is 0 Å². The first-order chi connectivity index (χ1) is 19.4. The highest BCUT2D eigenvalue weighted by Crippen LogP contribution is 2.17. The van der Waals surface area contributed by atoms with Crippen molar-refractivity contribution in [2.45, 2.75) is 13.8 Å². The third kappa shape index (κ3) is 14.6. The fourth-order valence-corrected chi connectivity index (χ4v) is 3.67. The Kier molecular flexibility index (Phi) is 16.0. The number of ether oxygens (including phenoxy) is 5. The second-order valence-electron chi connectivity index (χ2n) is 8.85. The van der Waals surface area contributed by atoms with Gasteiger partial charge in [-0.2, -0.15) is 0 Å². The first-order valence-electron chi connectivity index (χ1n) is 13.5. The van der Waals surface area contributed by atoms with Crippen molar-refractivity contribution in [1.29, 1.82) is 0 Å². The van der Waals surface area contributed by atoms with E-state index in [-0.39, 0.29) is 11.7 Å². The molecule has 0 bridgehead atoms. The number of carbonyl (C=O) groups is 1. The normalized spacial score (nSPS) is 15.4. The maximum Gasteiger partial charge on any atom is 0.302 e. The molecule has 4 rings (SSSR count). The average molecular weight is 563 g/mol. The van der Waals surface area contributed by atoms with Gasteiger partial charge in [-0.25, -0.2) is 0 Å². The van der Waals surface area contributed by atoms with Crippen molar-refractivity contribution in [3.8, 4) is 11.5 Å². The van der Waals surface area contributed by atoms with Gasteiger partial charge in [0.2, 0.25) is 0 Å². The van der Waals surface area contributed by atoms with Crippen LogP contribution in [-0.4, -0.2) is 106 Å². The highest BCUT2D eigenvalue weighted by Gasteiger charge is 2.11. The van der Waals surface area contributed by atoms with E-state index in [1.54, 1.807) is 19.1 Å². The summed E-state index contributed by atoms with van der Waals surface area (Å²) < 4.78 is 26.1. The molecule has 0 atom stereocenters. The summed E-state index contributed by atoms with van der Waals surface area (Å²) in [5.41, 5.74) is 6.44. The van der Waals surface area contributed by atoms with E-state index >= 15 is 0 Å². The molecule has 2 N–H and O–H groups in total. The Bertz CT molecular complexity index is 963. The molecule has 0 saturated carbocycles. The molecule has 12 heteroatoms. The van der Waals surface area contributed by atoms with Crippen LogP contribution >= 0.6 is 0 Å². The van der Waals surface area contributed by atoms with Gasteiger partial charge in [-0.3, -0.25) is 24.7 Å². The molecule has 12 nitrogen and oxygen atoms in total. The van der Waals surface area contributed by atoms with E-state index in [9.17, 15) is 14.9 Å². The lowest BCUT2D eigenvalue weighted by molar-refractivity contribution is -0.384. The molecule has 2 fully saturated rings. The molecule has 0 radical (unpaired) electrons. The minimum Gasteiger partial charge on any atom is -0.492 e. The molecule has 0 amide bonds. The van der Waals surface area contributed by atoms with Gasteiger partial charge in [0.15, 0.2) is 0 Å². The summed E-state index contributed by atoms with van der Waals surface area (Å²) in [4.78, 5) is 24.5. The fourth-order valence-electron chi connectivity index (χ4n) is 3.67. The second kappa shape index (κ2) is 19.6. The first kappa shape index (κ1) is 32.8. The number of carbonyl (C=O) groups excluding carboxylic acids is 1. The standard InChI is InChI=1S/C12H16N2O4.C12H18N2O2.C4H8O2/c15-14(16)11-1-3-12(4-2-11)18-10-7-13-5-8-17-9-6-13;13-11-1-3-12(4-2-11)16-10-7-14-5-8-15-9-6-14;1-3-6-4(2)5/h1-4H,5-10H2;1-4H,5-10,13H2;3H2,1-2H3. The van der Waals surface area contributed by atoms with Crippen LogP contribution < -0.4 is 15.2 Å². The molecule has 2 aromatic rings. The van der Waals surface area contributed by atoms with Crippen LogP contribution in [0, 0.1) is 10.1 Å². The number of morpholine rings is 2. The highest BCUT2D eigenvalue weighted by atomic mass is 16.6. The summed E-state index contributed by atoms with van der Waals surface area (Å²) in [7, 11) is 0. The van der Waals surface area contributed by atoms with Crippen molar-refractivity contribution < 1.29 is 33.4 Å². The molecule has 222 valence electrons. The van der Waals surface area contributed by atoms with Gasteiger partial charge in [-0.05, 0) is 43.3 Å². The monoisotopic (exact) mass is 562 g/mol. The van der Waals surface area contributed by atoms with Crippen LogP contribution in [-0.2, 0) is 19.0 Å². The number of nitrogens with zero attached hydrogens (tertiary/aromatic N) is 3. The smallest absolute Gasteiger partial charge is 0.302 e. The number of nitrogen functional groups attached to an aromatic ring is 1. The topological polar surface area (TPSA) is 139 Å². The first-order valence-corrected chi connectivity index (χ1v) is 13.5. The quantitative estimate of drug-likeness (QED) is 0.198.